The molecule has 0 unspecified atom stereocenters. The van der Waals surface area contributed by atoms with Gasteiger partial charge in [0.15, 0.2) is 0 Å². The number of sulfonamides is 1. The van der Waals surface area contributed by atoms with E-state index in [4.69, 9.17) is 0 Å². The monoisotopic (exact) mass is 535 g/mol. The molecule has 8 heteroatoms. The second-order valence-corrected chi connectivity index (χ2v) is 11.5. The number of benzene rings is 3. The Bertz CT molecular complexity index is 1310. The van der Waals surface area contributed by atoms with Crippen molar-refractivity contribution < 1.29 is 18.0 Å². The summed E-state index contributed by atoms with van der Waals surface area (Å²) in [7, 11) is -3.79. The van der Waals surface area contributed by atoms with Gasteiger partial charge in [0, 0.05) is 19.0 Å². The van der Waals surface area contributed by atoms with Gasteiger partial charge in [-0.1, -0.05) is 85.8 Å². The zero-order valence-electron chi connectivity index (χ0n) is 22.5. The van der Waals surface area contributed by atoms with Gasteiger partial charge in [-0.25, -0.2) is 8.42 Å². The highest BCUT2D eigenvalue weighted by Crippen LogP contribution is 2.24. The molecule has 0 fully saturated rings. The third kappa shape index (κ3) is 7.92. The molecule has 202 valence electrons. The van der Waals surface area contributed by atoms with Gasteiger partial charge in [0.1, 0.15) is 12.6 Å². The number of rotatable bonds is 12. The van der Waals surface area contributed by atoms with Gasteiger partial charge in [0.25, 0.3) is 0 Å². The van der Waals surface area contributed by atoms with Gasteiger partial charge in [-0.05, 0) is 43.0 Å². The lowest BCUT2D eigenvalue weighted by molar-refractivity contribution is -0.140. The van der Waals surface area contributed by atoms with Crippen molar-refractivity contribution in [3.8, 4) is 0 Å². The molecule has 7 nitrogen and oxygen atoms in total. The Labute approximate surface area is 226 Å². The number of anilines is 1. The van der Waals surface area contributed by atoms with Gasteiger partial charge in [0.05, 0.1) is 11.9 Å². The number of para-hydroxylation sites is 1. The Hall–Kier alpha value is -3.65. The zero-order chi connectivity index (χ0) is 27.7. The highest BCUT2D eigenvalue weighted by atomic mass is 32.2. The summed E-state index contributed by atoms with van der Waals surface area (Å²) in [5.41, 5.74) is 3.03. The molecule has 0 saturated heterocycles. The van der Waals surface area contributed by atoms with E-state index in [2.05, 4.69) is 5.32 Å². The molecule has 0 bridgehead atoms. The first-order valence-electron chi connectivity index (χ1n) is 12.8. The van der Waals surface area contributed by atoms with Crippen molar-refractivity contribution in [3.05, 3.63) is 102 Å². The van der Waals surface area contributed by atoms with Crippen LogP contribution in [0.2, 0.25) is 0 Å². The van der Waals surface area contributed by atoms with Crippen molar-refractivity contribution >= 4 is 27.5 Å². The normalized spacial score (nSPS) is 12.1. The molecule has 0 saturated carbocycles. The number of amides is 2. The average molecular weight is 536 g/mol. The highest BCUT2D eigenvalue weighted by molar-refractivity contribution is 7.92. The van der Waals surface area contributed by atoms with Crippen LogP contribution in [0.5, 0.6) is 0 Å². The molecule has 0 radical (unpaired) electrons. The van der Waals surface area contributed by atoms with E-state index in [-0.39, 0.29) is 18.5 Å². The number of carbonyl (C=O) groups excluding carboxylic acids is 2. The first-order valence-corrected chi connectivity index (χ1v) is 14.7. The van der Waals surface area contributed by atoms with E-state index in [1.807, 2.05) is 93.6 Å². The molecule has 0 aliphatic rings. The van der Waals surface area contributed by atoms with Crippen LogP contribution in [0.1, 0.15) is 37.5 Å². The fourth-order valence-electron chi connectivity index (χ4n) is 4.36. The number of nitrogens with one attached hydrogen (secondary N) is 1. The average Bonchev–Trinajstić information content (AvgIpc) is 2.89. The molecule has 0 aromatic heterocycles. The maximum Gasteiger partial charge on any atom is 0.244 e. The predicted octanol–water partition coefficient (Wildman–Crippen LogP) is 4.18. The molecule has 3 aromatic rings. The quantitative estimate of drug-likeness (QED) is 0.377. The molecular formula is C30H37N3O4S. The van der Waals surface area contributed by atoms with E-state index >= 15 is 0 Å². The molecule has 0 heterocycles. The summed E-state index contributed by atoms with van der Waals surface area (Å²) in [5, 5.41) is 2.95. The van der Waals surface area contributed by atoms with Gasteiger partial charge in [-0.3, -0.25) is 13.9 Å². The van der Waals surface area contributed by atoms with Crippen LogP contribution in [-0.2, 0) is 39.0 Å². The Kier molecular flexibility index (Phi) is 10.1. The minimum Gasteiger partial charge on any atom is -0.352 e. The van der Waals surface area contributed by atoms with Gasteiger partial charge in [-0.2, -0.15) is 0 Å². The van der Waals surface area contributed by atoms with E-state index in [1.54, 1.807) is 12.1 Å². The van der Waals surface area contributed by atoms with Crippen molar-refractivity contribution in [2.75, 3.05) is 17.1 Å². The first kappa shape index (κ1) is 28.9. The molecule has 38 heavy (non-hydrogen) atoms. The van der Waals surface area contributed by atoms with Crippen molar-refractivity contribution in [3.63, 3.8) is 0 Å². The maximum absolute atomic E-state index is 14.0. The maximum atomic E-state index is 14.0. The lowest BCUT2D eigenvalue weighted by Crippen LogP contribution is -2.54. The predicted molar refractivity (Wildman–Crippen MR) is 152 cm³/mol. The van der Waals surface area contributed by atoms with Gasteiger partial charge < -0.3 is 10.2 Å². The van der Waals surface area contributed by atoms with Crippen molar-refractivity contribution in [1.82, 2.24) is 10.2 Å². The summed E-state index contributed by atoms with van der Waals surface area (Å²) >= 11 is 0. The molecule has 0 aliphatic heterocycles. The lowest BCUT2D eigenvalue weighted by Gasteiger charge is -2.34. The second kappa shape index (κ2) is 13.2. The summed E-state index contributed by atoms with van der Waals surface area (Å²) in [4.78, 5) is 29.1. The fourth-order valence-corrected chi connectivity index (χ4v) is 5.24. The SMILES string of the molecule is CCc1ccccc1N(CC(=O)N(Cc1ccccc1)[C@@H](Cc1ccccc1)C(=O)NC(C)C)S(C)(=O)=O. The van der Waals surface area contributed by atoms with Crippen LogP contribution in [0.4, 0.5) is 5.69 Å². The molecule has 1 atom stereocenters. The molecule has 3 aromatic carbocycles. The molecule has 3 rings (SSSR count). The smallest absolute Gasteiger partial charge is 0.244 e. The molecular weight excluding hydrogens is 498 g/mol. The number of hydrogen-bond acceptors (Lipinski definition) is 4. The van der Waals surface area contributed by atoms with E-state index in [0.29, 0.717) is 18.5 Å². The van der Waals surface area contributed by atoms with Gasteiger partial charge in [-0.15, -0.1) is 0 Å². The Morgan fingerprint density at radius 1 is 0.842 bits per heavy atom. The van der Waals surface area contributed by atoms with E-state index < -0.39 is 28.5 Å². The number of hydrogen-bond donors (Lipinski definition) is 1. The zero-order valence-corrected chi connectivity index (χ0v) is 23.3. The third-order valence-corrected chi connectivity index (χ3v) is 7.34. The second-order valence-electron chi connectivity index (χ2n) is 9.63. The Morgan fingerprint density at radius 3 is 1.95 bits per heavy atom. The first-order chi connectivity index (χ1) is 18.1. The summed E-state index contributed by atoms with van der Waals surface area (Å²) in [6.07, 6.45) is 2.00. The van der Waals surface area contributed by atoms with Gasteiger partial charge >= 0.3 is 0 Å². The number of aryl methyl sites for hydroxylation is 1. The van der Waals surface area contributed by atoms with Crippen LogP contribution in [0.3, 0.4) is 0 Å². The third-order valence-electron chi connectivity index (χ3n) is 6.22. The molecule has 0 aliphatic carbocycles. The lowest BCUT2D eigenvalue weighted by atomic mass is 10.0. The summed E-state index contributed by atoms with van der Waals surface area (Å²) < 4.78 is 27.0. The van der Waals surface area contributed by atoms with E-state index in [1.165, 1.54) is 4.90 Å². The molecule has 1 N–H and O–H groups in total. The number of nitrogens with zero attached hydrogens (tertiary/aromatic N) is 2. The topological polar surface area (TPSA) is 86.8 Å². The van der Waals surface area contributed by atoms with Crippen molar-refractivity contribution in [1.29, 1.82) is 0 Å². The molecule has 0 spiro atoms. The van der Waals surface area contributed by atoms with Crippen LogP contribution in [0.25, 0.3) is 0 Å². The summed E-state index contributed by atoms with van der Waals surface area (Å²) in [5.74, 6) is -0.738. The van der Waals surface area contributed by atoms with Crippen LogP contribution in [0, 0.1) is 0 Å². The van der Waals surface area contributed by atoms with Crippen LogP contribution in [-0.4, -0.2) is 50.0 Å². The van der Waals surface area contributed by atoms with Crippen molar-refractivity contribution in [2.45, 2.75) is 52.2 Å². The Balaban J connectivity index is 2.05. The Morgan fingerprint density at radius 2 is 1.39 bits per heavy atom. The minimum atomic E-state index is -3.79. The van der Waals surface area contributed by atoms with Crippen molar-refractivity contribution in [2.24, 2.45) is 0 Å². The van der Waals surface area contributed by atoms with Crippen LogP contribution in [0.15, 0.2) is 84.9 Å². The van der Waals surface area contributed by atoms with Gasteiger partial charge in [0.2, 0.25) is 21.8 Å². The summed E-state index contributed by atoms with van der Waals surface area (Å²) in [6, 6.07) is 25.1. The number of carbonyl (C=O) groups is 2. The largest absolute Gasteiger partial charge is 0.352 e. The van der Waals surface area contributed by atoms with Crippen LogP contribution < -0.4 is 9.62 Å². The fraction of sp³-hybridized carbons (Fsp3) is 0.333. The van der Waals surface area contributed by atoms with E-state index in [0.717, 1.165) is 27.3 Å². The van der Waals surface area contributed by atoms with E-state index in [9.17, 15) is 18.0 Å². The van der Waals surface area contributed by atoms with Crippen LogP contribution >= 0.6 is 0 Å². The standard InChI is InChI=1S/C30H37N3O4S/c1-5-26-18-12-13-19-27(26)33(38(4,36)37)22-29(34)32(21-25-16-10-7-11-17-25)28(30(35)31-23(2)3)20-24-14-8-6-9-15-24/h6-19,23,28H,5,20-22H2,1-4H3,(H,31,35)/t28-/m0/s1. The minimum absolute atomic E-state index is 0.126. The highest BCUT2D eigenvalue weighted by Gasteiger charge is 2.33. The summed E-state index contributed by atoms with van der Waals surface area (Å²) in [6.45, 7) is 5.43. The molecule has 2 amide bonds.